The van der Waals surface area contributed by atoms with Crippen LogP contribution in [0, 0.1) is 27.3 Å². The van der Waals surface area contributed by atoms with Gasteiger partial charge >= 0.3 is 0 Å². The molecule has 1 heterocycles. The number of nitro groups is 1. The molecule has 3 rings (SSSR count). The number of benzene rings is 2. The number of nitro benzene ring substituents is 1. The number of furan rings is 1. The Labute approximate surface area is 182 Å². The van der Waals surface area contributed by atoms with Crippen molar-refractivity contribution in [3.8, 4) is 17.4 Å². The molecule has 0 aliphatic rings. The van der Waals surface area contributed by atoms with Crippen molar-refractivity contribution in [1.29, 1.82) is 5.26 Å². The molecule has 0 fully saturated rings. The summed E-state index contributed by atoms with van der Waals surface area (Å²) in [4.78, 5) is 22.6. The van der Waals surface area contributed by atoms with E-state index < -0.39 is 16.6 Å². The molecule has 0 atom stereocenters. The first kappa shape index (κ1) is 21.2. The van der Waals surface area contributed by atoms with Crippen molar-refractivity contribution in [2.24, 2.45) is 0 Å². The summed E-state index contributed by atoms with van der Waals surface area (Å²) in [6.45, 7) is 0. The molecule has 2 aromatic carbocycles. The molecule has 7 nitrogen and oxygen atoms in total. The molecule has 0 aliphatic carbocycles. The normalized spacial score (nSPS) is 11.1. The van der Waals surface area contributed by atoms with Gasteiger partial charge in [0.15, 0.2) is 0 Å². The summed E-state index contributed by atoms with van der Waals surface area (Å²) in [6.07, 6.45) is 1.19. The Kier molecular flexibility index (Phi) is 6.30. The van der Waals surface area contributed by atoms with Gasteiger partial charge in [0.25, 0.3) is 11.6 Å². The summed E-state index contributed by atoms with van der Waals surface area (Å²) >= 11 is 9.20. The lowest BCUT2D eigenvalue weighted by Gasteiger charge is -2.05. The third kappa shape index (κ3) is 4.74. The summed E-state index contributed by atoms with van der Waals surface area (Å²) in [5.74, 6) is -1.02. The number of halogens is 3. The molecule has 0 bridgehead atoms. The number of amides is 1. The summed E-state index contributed by atoms with van der Waals surface area (Å²) < 4.78 is 20.0. The van der Waals surface area contributed by atoms with Crippen molar-refractivity contribution in [2.45, 2.75) is 0 Å². The standard InChI is InChI=1S/C20H10BrClFN3O4/c21-12-1-5-18(17(23)8-12)25-20(27)11(10-24)7-14-3-6-19(30-14)15-4-2-13(26(28)29)9-16(15)22/h1-9H,(H,25,27). The molecule has 1 N–H and O–H groups in total. The van der Waals surface area contributed by atoms with E-state index in [9.17, 15) is 24.6 Å². The van der Waals surface area contributed by atoms with E-state index in [0.717, 1.165) is 0 Å². The van der Waals surface area contributed by atoms with Crippen molar-refractivity contribution in [2.75, 3.05) is 5.32 Å². The number of rotatable bonds is 5. The maximum Gasteiger partial charge on any atom is 0.270 e. The number of carbonyl (C=O) groups excluding carboxylic acids is 1. The third-order valence-electron chi connectivity index (χ3n) is 3.89. The summed E-state index contributed by atoms with van der Waals surface area (Å²) in [6, 6.07) is 12.8. The Morgan fingerprint density at radius 3 is 2.67 bits per heavy atom. The van der Waals surface area contributed by atoms with E-state index in [1.165, 1.54) is 42.5 Å². The van der Waals surface area contributed by atoms with Gasteiger partial charge in [0.1, 0.15) is 29.0 Å². The maximum atomic E-state index is 13.9. The van der Waals surface area contributed by atoms with E-state index >= 15 is 0 Å². The fourth-order valence-electron chi connectivity index (χ4n) is 2.46. The first-order valence-corrected chi connectivity index (χ1v) is 9.38. The lowest BCUT2D eigenvalue weighted by molar-refractivity contribution is -0.384. The van der Waals surface area contributed by atoms with Crippen LogP contribution in [0.3, 0.4) is 0 Å². The Hall–Kier alpha value is -3.48. The molecule has 10 heteroatoms. The second-order valence-corrected chi connectivity index (χ2v) is 7.19. The highest BCUT2D eigenvalue weighted by molar-refractivity contribution is 9.10. The van der Waals surface area contributed by atoms with Gasteiger partial charge in [-0.25, -0.2) is 4.39 Å². The number of anilines is 1. The van der Waals surface area contributed by atoms with E-state index in [1.807, 2.05) is 0 Å². The fraction of sp³-hybridized carbons (Fsp3) is 0. The average Bonchev–Trinajstić information content (AvgIpc) is 3.16. The molecule has 0 saturated heterocycles. The maximum absolute atomic E-state index is 13.9. The molecule has 1 aromatic heterocycles. The average molecular weight is 491 g/mol. The van der Waals surface area contributed by atoms with Crippen LogP contribution in [-0.2, 0) is 4.79 Å². The second-order valence-electron chi connectivity index (χ2n) is 5.87. The van der Waals surface area contributed by atoms with Crippen molar-refractivity contribution in [3.63, 3.8) is 0 Å². The number of nitrogens with zero attached hydrogens (tertiary/aromatic N) is 2. The topological polar surface area (TPSA) is 109 Å². The Bertz CT molecular complexity index is 1230. The minimum Gasteiger partial charge on any atom is -0.457 e. The Morgan fingerprint density at radius 2 is 2.03 bits per heavy atom. The molecule has 1 amide bonds. The zero-order chi connectivity index (χ0) is 21.8. The predicted octanol–water partition coefficient (Wildman–Crippen LogP) is 5.96. The quantitative estimate of drug-likeness (QED) is 0.205. The number of carbonyl (C=O) groups is 1. The lowest BCUT2D eigenvalue weighted by atomic mass is 10.1. The van der Waals surface area contributed by atoms with Gasteiger partial charge in [-0.2, -0.15) is 5.26 Å². The van der Waals surface area contributed by atoms with E-state index in [1.54, 1.807) is 18.2 Å². The van der Waals surface area contributed by atoms with E-state index in [0.29, 0.717) is 10.0 Å². The second kappa shape index (κ2) is 8.90. The van der Waals surface area contributed by atoms with Gasteiger partial charge in [0.2, 0.25) is 0 Å². The monoisotopic (exact) mass is 489 g/mol. The number of non-ortho nitro benzene ring substituents is 1. The molecular weight excluding hydrogens is 481 g/mol. The third-order valence-corrected chi connectivity index (χ3v) is 4.69. The largest absolute Gasteiger partial charge is 0.457 e. The molecule has 0 unspecified atom stereocenters. The highest BCUT2D eigenvalue weighted by Gasteiger charge is 2.16. The van der Waals surface area contributed by atoms with Gasteiger partial charge in [-0.1, -0.05) is 27.5 Å². The van der Waals surface area contributed by atoms with E-state index in [2.05, 4.69) is 21.2 Å². The number of hydrogen-bond donors (Lipinski definition) is 1. The van der Waals surface area contributed by atoms with Crippen molar-refractivity contribution in [3.05, 3.63) is 85.3 Å². The van der Waals surface area contributed by atoms with Crippen LogP contribution >= 0.6 is 27.5 Å². The molecule has 3 aromatic rings. The van der Waals surface area contributed by atoms with Crippen LogP contribution in [0.4, 0.5) is 15.8 Å². The van der Waals surface area contributed by atoms with Crippen LogP contribution < -0.4 is 5.32 Å². The van der Waals surface area contributed by atoms with E-state index in [4.69, 9.17) is 16.0 Å². The highest BCUT2D eigenvalue weighted by Crippen LogP contribution is 2.32. The zero-order valence-corrected chi connectivity index (χ0v) is 17.2. The Balaban J connectivity index is 1.84. The zero-order valence-electron chi connectivity index (χ0n) is 14.9. The Morgan fingerprint density at radius 1 is 1.27 bits per heavy atom. The van der Waals surface area contributed by atoms with Crippen molar-refractivity contribution >= 4 is 50.9 Å². The molecule has 150 valence electrons. The van der Waals surface area contributed by atoms with Crippen LogP contribution in [0.15, 0.2) is 63.0 Å². The first-order valence-electron chi connectivity index (χ1n) is 8.21. The number of nitrogens with one attached hydrogen (secondary N) is 1. The summed E-state index contributed by atoms with van der Waals surface area (Å²) in [5.41, 5.74) is -0.156. The predicted molar refractivity (Wildman–Crippen MR) is 112 cm³/mol. The lowest BCUT2D eigenvalue weighted by Crippen LogP contribution is -2.14. The molecule has 0 spiro atoms. The molecule has 30 heavy (non-hydrogen) atoms. The van der Waals surface area contributed by atoms with Gasteiger partial charge in [-0.15, -0.1) is 0 Å². The van der Waals surface area contributed by atoms with Crippen molar-refractivity contribution in [1.82, 2.24) is 0 Å². The molecule has 0 aliphatic heterocycles. The first-order chi connectivity index (χ1) is 14.3. The van der Waals surface area contributed by atoms with Crippen LogP contribution in [-0.4, -0.2) is 10.8 Å². The molecule has 0 radical (unpaired) electrons. The number of nitriles is 1. The smallest absolute Gasteiger partial charge is 0.270 e. The van der Waals surface area contributed by atoms with Crippen LogP contribution in [0.5, 0.6) is 0 Å². The highest BCUT2D eigenvalue weighted by atomic mass is 79.9. The van der Waals surface area contributed by atoms with Gasteiger partial charge in [0, 0.05) is 28.2 Å². The van der Waals surface area contributed by atoms with Gasteiger partial charge < -0.3 is 9.73 Å². The fourth-order valence-corrected chi connectivity index (χ4v) is 3.06. The molecular formula is C20H10BrClFN3O4. The minimum atomic E-state index is -0.815. The minimum absolute atomic E-state index is 0.0813. The van der Waals surface area contributed by atoms with Crippen LogP contribution in [0.1, 0.15) is 5.76 Å². The van der Waals surface area contributed by atoms with Gasteiger partial charge in [0.05, 0.1) is 15.6 Å². The summed E-state index contributed by atoms with van der Waals surface area (Å²) in [5, 5.41) is 22.5. The number of hydrogen-bond acceptors (Lipinski definition) is 5. The molecule has 0 saturated carbocycles. The summed E-state index contributed by atoms with van der Waals surface area (Å²) in [7, 11) is 0. The van der Waals surface area contributed by atoms with Gasteiger partial charge in [-0.05, 0) is 36.4 Å². The SMILES string of the molecule is N#CC(=Cc1ccc(-c2ccc([N+](=O)[O-])cc2Cl)o1)C(=O)Nc1ccc(Br)cc1F. The van der Waals surface area contributed by atoms with Crippen LogP contribution in [0.2, 0.25) is 5.02 Å². The van der Waals surface area contributed by atoms with Crippen molar-refractivity contribution < 1.29 is 18.5 Å². The van der Waals surface area contributed by atoms with E-state index in [-0.39, 0.29) is 33.5 Å². The van der Waals surface area contributed by atoms with Gasteiger partial charge in [-0.3, -0.25) is 14.9 Å². The van der Waals surface area contributed by atoms with Crippen LogP contribution in [0.25, 0.3) is 17.4 Å².